The van der Waals surface area contributed by atoms with Crippen LogP contribution in [0.1, 0.15) is 56.3 Å². The van der Waals surface area contributed by atoms with E-state index < -0.39 is 0 Å². The molecule has 82 valence electrons. The summed E-state index contributed by atoms with van der Waals surface area (Å²) in [4.78, 5) is 0. The van der Waals surface area contributed by atoms with Crippen molar-refractivity contribution in [3.63, 3.8) is 0 Å². The van der Waals surface area contributed by atoms with Crippen molar-refractivity contribution < 1.29 is 4.42 Å². The molecule has 0 aromatic carbocycles. The molecule has 15 heavy (non-hydrogen) atoms. The summed E-state index contributed by atoms with van der Waals surface area (Å²) in [6.45, 7) is 2.03. The van der Waals surface area contributed by atoms with Crippen LogP contribution in [-0.2, 0) is 0 Å². The topological polar surface area (TPSA) is 64.9 Å². The molecule has 2 N–H and O–H groups in total. The van der Waals surface area contributed by atoms with Gasteiger partial charge in [0.2, 0.25) is 11.8 Å². The maximum Gasteiger partial charge on any atom is 0.233 e. The van der Waals surface area contributed by atoms with Gasteiger partial charge in [-0.15, -0.1) is 10.2 Å². The number of rotatable bonds is 3. The first-order valence-corrected chi connectivity index (χ1v) is 5.86. The van der Waals surface area contributed by atoms with Gasteiger partial charge in [-0.3, -0.25) is 0 Å². The summed E-state index contributed by atoms with van der Waals surface area (Å²) in [7, 11) is 0. The van der Waals surface area contributed by atoms with Crippen LogP contribution >= 0.6 is 0 Å². The van der Waals surface area contributed by atoms with Crippen molar-refractivity contribution in [2.75, 3.05) is 0 Å². The normalized spacial score (nSPS) is 35.2. The minimum Gasteiger partial charge on any atom is -0.423 e. The minimum absolute atomic E-state index is 0.0952. The van der Waals surface area contributed by atoms with Crippen LogP contribution in [0.2, 0.25) is 0 Å². The highest BCUT2D eigenvalue weighted by molar-refractivity contribution is 5.06. The molecule has 0 saturated heterocycles. The third-order valence-corrected chi connectivity index (χ3v) is 3.81. The lowest BCUT2D eigenvalue weighted by molar-refractivity contribution is 0.380. The Hall–Kier alpha value is -0.900. The zero-order valence-corrected chi connectivity index (χ0v) is 9.02. The largest absolute Gasteiger partial charge is 0.423 e. The molecule has 2 saturated carbocycles. The Morgan fingerprint density at radius 3 is 2.73 bits per heavy atom. The molecular formula is C11H17N3O. The van der Waals surface area contributed by atoms with E-state index >= 15 is 0 Å². The third-order valence-electron chi connectivity index (χ3n) is 3.81. The van der Waals surface area contributed by atoms with Gasteiger partial charge < -0.3 is 10.2 Å². The lowest BCUT2D eigenvalue weighted by Gasteiger charge is -2.05. The zero-order valence-electron chi connectivity index (χ0n) is 9.02. The Bertz CT molecular complexity index is 352. The second-order valence-electron chi connectivity index (χ2n) is 4.92. The quantitative estimate of drug-likeness (QED) is 0.823. The van der Waals surface area contributed by atoms with Crippen LogP contribution in [0.5, 0.6) is 0 Å². The van der Waals surface area contributed by atoms with E-state index in [1.807, 2.05) is 6.92 Å². The van der Waals surface area contributed by atoms with Gasteiger partial charge in [0, 0.05) is 5.92 Å². The van der Waals surface area contributed by atoms with Crippen molar-refractivity contribution in [3.8, 4) is 0 Å². The van der Waals surface area contributed by atoms with Crippen molar-refractivity contribution >= 4 is 0 Å². The molecule has 3 atom stereocenters. The Kier molecular flexibility index (Phi) is 2.06. The molecule has 0 aliphatic heterocycles. The average Bonchev–Trinajstić information content (AvgIpc) is 2.75. The van der Waals surface area contributed by atoms with E-state index in [0.717, 1.165) is 24.1 Å². The molecule has 0 radical (unpaired) electrons. The maximum atomic E-state index is 5.85. The Balaban J connectivity index is 1.73. The number of aromatic nitrogens is 2. The first-order valence-electron chi connectivity index (χ1n) is 5.86. The monoisotopic (exact) mass is 207 g/mol. The second-order valence-corrected chi connectivity index (χ2v) is 4.92. The fourth-order valence-electron chi connectivity index (χ4n) is 2.65. The van der Waals surface area contributed by atoms with Crippen LogP contribution in [0.25, 0.3) is 0 Å². The Morgan fingerprint density at radius 1 is 1.33 bits per heavy atom. The summed E-state index contributed by atoms with van der Waals surface area (Å²) < 4.78 is 5.64. The lowest BCUT2D eigenvalue weighted by atomic mass is 10.0. The van der Waals surface area contributed by atoms with Crippen molar-refractivity contribution in [2.24, 2.45) is 17.6 Å². The molecule has 2 aliphatic rings. The van der Waals surface area contributed by atoms with E-state index in [4.69, 9.17) is 10.2 Å². The molecule has 4 heteroatoms. The van der Waals surface area contributed by atoms with Gasteiger partial charge in [-0.25, -0.2) is 0 Å². The number of fused-ring (bicyclic) bond motifs is 1. The lowest BCUT2D eigenvalue weighted by Crippen LogP contribution is -2.08. The van der Waals surface area contributed by atoms with E-state index in [-0.39, 0.29) is 6.04 Å². The SMILES string of the molecule is CCC(N)c1nnc(C2CC3CC3C2)o1. The van der Waals surface area contributed by atoms with Crippen LogP contribution < -0.4 is 5.73 Å². The van der Waals surface area contributed by atoms with Gasteiger partial charge in [-0.2, -0.15) is 0 Å². The van der Waals surface area contributed by atoms with Crippen LogP contribution in [0.15, 0.2) is 4.42 Å². The van der Waals surface area contributed by atoms with Gasteiger partial charge in [-0.1, -0.05) is 6.92 Å². The number of hydrogen-bond acceptors (Lipinski definition) is 4. The van der Waals surface area contributed by atoms with E-state index in [1.54, 1.807) is 0 Å². The van der Waals surface area contributed by atoms with Crippen molar-refractivity contribution in [2.45, 2.75) is 44.6 Å². The van der Waals surface area contributed by atoms with Crippen LogP contribution in [-0.4, -0.2) is 10.2 Å². The Labute approximate surface area is 89.2 Å². The minimum atomic E-state index is -0.0952. The molecule has 1 aromatic heterocycles. The number of nitrogens with two attached hydrogens (primary N) is 1. The summed E-state index contributed by atoms with van der Waals surface area (Å²) in [5.41, 5.74) is 5.85. The van der Waals surface area contributed by atoms with Crippen LogP contribution in [0, 0.1) is 11.8 Å². The van der Waals surface area contributed by atoms with E-state index in [9.17, 15) is 0 Å². The van der Waals surface area contributed by atoms with Crippen LogP contribution in [0.3, 0.4) is 0 Å². The predicted octanol–water partition coefficient (Wildman–Crippen LogP) is 1.99. The summed E-state index contributed by atoms with van der Waals surface area (Å²) in [5, 5.41) is 8.16. The van der Waals surface area contributed by atoms with Gasteiger partial charge >= 0.3 is 0 Å². The summed E-state index contributed by atoms with van der Waals surface area (Å²) in [6.07, 6.45) is 4.75. The van der Waals surface area contributed by atoms with E-state index in [1.165, 1.54) is 19.3 Å². The zero-order chi connectivity index (χ0) is 10.4. The van der Waals surface area contributed by atoms with Gasteiger partial charge in [0.1, 0.15) is 0 Å². The third kappa shape index (κ3) is 1.57. The fraction of sp³-hybridized carbons (Fsp3) is 0.818. The maximum absolute atomic E-state index is 5.85. The number of nitrogens with zero attached hydrogens (tertiary/aromatic N) is 2. The molecule has 1 aromatic rings. The van der Waals surface area contributed by atoms with E-state index in [0.29, 0.717) is 11.8 Å². The smallest absolute Gasteiger partial charge is 0.233 e. The van der Waals surface area contributed by atoms with E-state index in [2.05, 4.69) is 10.2 Å². The van der Waals surface area contributed by atoms with Crippen molar-refractivity contribution in [3.05, 3.63) is 11.8 Å². The average molecular weight is 207 g/mol. The predicted molar refractivity (Wildman–Crippen MR) is 55.1 cm³/mol. The summed E-state index contributed by atoms with van der Waals surface area (Å²) in [5.74, 6) is 3.84. The van der Waals surface area contributed by atoms with Crippen LogP contribution in [0.4, 0.5) is 0 Å². The number of hydrogen-bond donors (Lipinski definition) is 1. The van der Waals surface area contributed by atoms with Crippen molar-refractivity contribution in [1.29, 1.82) is 0 Å². The molecule has 3 unspecified atom stereocenters. The molecule has 2 aliphatic carbocycles. The molecule has 2 fully saturated rings. The highest BCUT2D eigenvalue weighted by Gasteiger charge is 2.47. The molecule has 3 rings (SSSR count). The molecule has 0 bridgehead atoms. The van der Waals surface area contributed by atoms with Gasteiger partial charge in [0.05, 0.1) is 6.04 Å². The molecule has 1 heterocycles. The van der Waals surface area contributed by atoms with Gasteiger partial charge in [-0.05, 0) is 37.5 Å². The highest BCUT2D eigenvalue weighted by atomic mass is 16.4. The molecule has 0 spiro atoms. The second kappa shape index (κ2) is 3.30. The molecule has 0 amide bonds. The highest BCUT2D eigenvalue weighted by Crippen LogP contribution is 2.57. The summed E-state index contributed by atoms with van der Waals surface area (Å²) >= 11 is 0. The summed E-state index contributed by atoms with van der Waals surface area (Å²) in [6, 6.07) is -0.0952. The first kappa shape index (κ1) is 9.33. The van der Waals surface area contributed by atoms with Crippen molar-refractivity contribution in [1.82, 2.24) is 10.2 Å². The van der Waals surface area contributed by atoms with Gasteiger partial charge in [0.15, 0.2) is 0 Å². The standard InChI is InChI=1S/C11H17N3O/c1-2-9(12)11-14-13-10(15-11)8-4-6-3-7(6)5-8/h6-9H,2-5,12H2,1H3. The molecule has 4 nitrogen and oxygen atoms in total. The van der Waals surface area contributed by atoms with Gasteiger partial charge in [0.25, 0.3) is 0 Å². The fourth-order valence-corrected chi connectivity index (χ4v) is 2.65. The Morgan fingerprint density at radius 2 is 2.07 bits per heavy atom. The first-order chi connectivity index (χ1) is 7.28. The molecular weight excluding hydrogens is 190 g/mol.